The Hall–Kier alpha value is -1.12. The van der Waals surface area contributed by atoms with Gasteiger partial charge in [-0.05, 0) is 12.1 Å². The molecular weight excluding hydrogens is 126 g/mol. The first kappa shape index (κ1) is 6.99. The molecule has 10 heavy (non-hydrogen) atoms. The van der Waals surface area contributed by atoms with Gasteiger partial charge in [-0.25, -0.2) is 0 Å². The second-order valence-corrected chi connectivity index (χ2v) is 1.78. The van der Waals surface area contributed by atoms with Gasteiger partial charge in [0, 0.05) is 6.20 Å². The first-order valence-electron chi connectivity index (χ1n) is 3.62. The number of anilines is 1. The number of nitrogens with zero attached hydrogens (tertiary/aromatic N) is 1. The molecule has 1 aliphatic heterocycles. The van der Waals surface area contributed by atoms with Gasteiger partial charge >= 0.3 is 0 Å². The van der Waals surface area contributed by atoms with Crippen molar-refractivity contribution in [3.8, 4) is 0 Å². The molecule has 0 aliphatic carbocycles. The average molecular weight is 139 g/mol. The third-order valence-electron chi connectivity index (χ3n) is 1.27. The Morgan fingerprint density at radius 3 is 3.00 bits per heavy atom. The maximum atomic E-state index is 3.13. The quantitative estimate of drug-likeness (QED) is 0.569. The number of nitrogens with one attached hydrogen (secondary N) is 2. The number of fused-ring (bicyclic) bond motifs is 1. The Labute approximate surface area is 61.0 Å². The van der Waals surface area contributed by atoms with Crippen LogP contribution >= 0.6 is 0 Å². The van der Waals surface area contributed by atoms with Gasteiger partial charge in [-0.3, -0.25) is 4.68 Å². The summed E-state index contributed by atoms with van der Waals surface area (Å²) in [6.45, 7) is 4.84. The van der Waals surface area contributed by atoms with E-state index in [1.807, 2.05) is 36.9 Å². The lowest BCUT2D eigenvalue weighted by molar-refractivity contribution is 0.971. The molecule has 1 aromatic rings. The summed E-state index contributed by atoms with van der Waals surface area (Å²) < 4.78 is 1.96. The van der Waals surface area contributed by atoms with Crippen LogP contribution in [0.15, 0.2) is 18.3 Å². The lowest BCUT2D eigenvalue weighted by Gasteiger charge is -1.91. The third kappa shape index (κ3) is 1.07. The highest BCUT2D eigenvalue weighted by Gasteiger charge is 2.03. The summed E-state index contributed by atoms with van der Waals surface area (Å²) in [4.78, 5) is 0. The van der Waals surface area contributed by atoms with E-state index in [1.54, 1.807) is 0 Å². The summed E-state index contributed by atoms with van der Waals surface area (Å²) in [6.07, 6.45) is 1.98. The van der Waals surface area contributed by atoms with Crippen LogP contribution in [0.2, 0.25) is 0 Å². The Bertz CT molecular complexity index is 174. The fraction of sp³-hybridized carbons (Fsp3) is 0.429. The largest absolute Gasteiger partial charge is 0.352 e. The van der Waals surface area contributed by atoms with Crippen molar-refractivity contribution in [2.45, 2.75) is 13.8 Å². The highest BCUT2D eigenvalue weighted by Crippen LogP contribution is 2.09. The van der Waals surface area contributed by atoms with Crippen molar-refractivity contribution in [3.63, 3.8) is 0 Å². The minimum Gasteiger partial charge on any atom is -0.352 e. The maximum absolute atomic E-state index is 3.13. The molecule has 2 N–H and O–H groups in total. The van der Waals surface area contributed by atoms with Crippen molar-refractivity contribution in [1.82, 2.24) is 4.68 Å². The van der Waals surface area contributed by atoms with Crippen LogP contribution in [0.3, 0.4) is 0 Å². The standard InChI is InChI=1S/C5H7N3.C2H6/c1-2-5-6-4-7-8(5)3-1;1-2/h1-3,6-7H,4H2;1-2H3. The lowest BCUT2D eigenvalue weighted by atomic mass is 10.6. The molecule has 0 unspecified atom stereocenters. The predicted molar refractivity (Wildman–Crippen MR) is 43.6 cm³/mol. The van der Waals surface area contributed by atoms with Crippen LogP contribution in [0, 0.1) is 0 Å². The van der Waals surface area contributed by atoms with Gasteiger partial charge in [0.15, 0.2) is 0 Å². The SMILES string of the molecule is CC.c1cc2n(c1)NCN2. The van der Waals surface area contributed by atoms with E-state index in [1.165, 1.54) is 0 Å². The molecule has 0 fully saturated rings. The van der Waals surface area contributed by atoms with Crippen LogP contribution in [0.1, 0.15) is 13.8 Å². The van der Waals surface area contributed by atoms with Gasteiger partial charge in [-0.2, -0.15) is 0 Å². The summed E-state index contributed by atoms with van der Waals surface area (Å²) in [5, 5.41) is 3.13. The van der Waals surface area contributed by atoms with E-state index < -0.39 is 0 Å². The van der Waals surface area contributed by atoms with Crippen LogP contribution in [0.4, 0.5) is 5.82 Å². The van der Waals surface area contributed by atoms with Crippen molar-refractivity contribution < 1.29 is 0 Å². The molecule has 0 spiro atoms. The molecule has 1 aliphatic rings. The van der Waals surface area contributed by atoms with Gasteiger partial charge in [0.05, 0.1) is 0 Å². The number of aromatic nitrogens is 1. The second-order valence-electron chi connectivity index (χ2n) is 1.78. The van der Waals surface area contributed by atoms with Gasteiger partial charge in [-0.15, -0.1) is 0 Å². The minimum absolute atomic E-state index is 0.843. The van der Waals surface area contributed by atoms with E-state index in [-0.39, 0.29) is 0 Å². The fourth-order valence-electron chi connectivity index (χ4n) is 0.878. The molecular formula is C7H13N3. The first-order chi connectivity index (χ1) is 4.97. The summed E-state index contributed by atoms with van der Waals surface area (Å²) >= 11 is 0. The molecule has 3 nitrogen and oxygen atoms in total. The zero-order chi connectivity index (χ0) is 7.40. The van der Waals surface area contributed by atoms with Crippen molar-refractivity contribution in [2.75, 3.05) is 17.4 Å². The van der Waals surface area contributed by atoms with Crippen LogP contribution in [0.5, 0.6) is 0 Å². The Morgan fingerprint density at radius 2 is 2.30 bits per heavy atom. The minimum atomic E-state index is 0.843. The summed E-state index contributed by atoms with van der Waals surface area (Å²) in [7, 11) is 0. The van der Waals surface area contributed by atoms with Crippen LogP contribution in [-0.4, -0.2) is 11.3 Å². The van der Waals surface area contributed by atoms with E-state index in [9.17, 15) is 0 Å². The van der Waals surface area contributed by atoms with E-state index in [4.69, 9.17) is 0 Å². The van der Waals surface area contributed by atoms with Gasteiger partial charge in [-0.1, -0.05) is 13.8 Å². The van der Waals surface area contributed by atoms with E-state index >= 15 is 0 Å². The van der Waals surface area contributed by atoms with Crippen molar-refractivity contribution in [3.05, 3.63) is 18.3 Å². The molecule has 0 saturated carbocycles. The smallest absolute Gasteiger partial charge is 0.126 e. The highest BCUT2D eigenvalue weighted by molar-refractivity contribution is 5.41. The molecule has 0 aromatic carbocycles. The highest BCUT2D eigenvalue weighted by atomic mass is 15.5. The molecule has 56 valence electrons. The number of rotatable bonds is 0. The van der Waals surface area contributed by atoms with Gasteiger partial charge in [0.25, 0.3) is 0 Å². The molecule has 1 aromatic heterocycles. The van der Waals surface area contributed by atoms with Crippen LogP contribution in [-0.2, 0) is 0 Å². The zero-order valence-electron chi connectivity index (χ0n) is 6.39. The zero-order valence-corrected chi connectivity index (χ0v) is 6.39. The maximum Gasteiger partial charge on any atom is 0.126 e. The van der Waals surface area contributed by atoms with Crippen molar-refractivity contribution in [2.24, 2.45) is 0 Å². The van der Waals surface area contributed by atoms with E-state index in [2.05, 4.69) is 10.7 Å². The van der Waals surface area contributed by atoms with Gasteiger partial charge in [0.1, 0.15) is 12.5 Å². The fourth-order valence-corrected chi connectivity index (χ4v) is 0.878. The second kappa shape index (κ2) is 3.15. The Balaban J connectivity index is 0.000000231. The molecule has 3 heteroatoms. The van der Waals surface area contributed by atoms with Crippen LogP contribution in [0.25, 0.3) is 0 Å². The van der Waals surface area contributed by atoms with Gasteiger partial charge < -0.3 is 10.7 Å². The topological polar surface area (TPSA) is 29.0 Å². The lowest BCUT2D eigenvalue weighted by Crippen LogP contribution is -2.06. The summed E-state index contributed by atoms with van der Waals surface area (Å²) in [6, 6.07) is 4.02. The molecule has 0 bridgehead atoms. The van der Waals surface area contributed by atoms with Crippen molar-refractivity contribution in [1.29, 1.82) is 0 Å². The van der Waals surface area contributed by atoms with Gasteiger partial charge in [0.2, 0.25) is 0 Å². The molecule has 2 heterocycles. The third-order valence-corrected chi connectivity index (χ3v) is 1.27. The molecule has 0 atom stereocenters. The molecule has 2 rings (SSSR count). The molecule has 0 radical (unpaired) electrons. The van der Waals surface area contributed by atoms with E-state index in [0.717, 1.165) is 12.5 Å². The van der Waals surface area contributed by atoms with Crippen LogP contribution < -0.4 is 10.7 Å². The number of hydrogen-bond acceptors (Lipinski definition) is 2. The van der Waals surface area contributed by atoms with E-state index in [0.29, 0.717) is 0 Å². The average Bonchev–Trinajstić information content (AvgIpc) is 2.49. The monoisotopic (exact) mass is 139 g/mol. The normalized spacial score (nSPS) is 12.2. The first-order valence-corrected chi connectivity index (χ1v) is 3.62. The molecule has 0 saturated heterocycles. The summed E-state index contributed by atoms with van der Waals surface area (Å²) in [5.41, 5.74) is 3.09. The van der Waals surface area contributed by atoms with Crippen molar-refractivity contribution >= 4 is 5.82 Å². The number of hydrogen-bond donors (Lipinski definition) is 2. The summed E-state index contributed by atoms with van der Waals surface area (Å²) in [5.74, 6) is 1.14. The molecule has 0 amide bonds. The predicted octanol–water partition coefficient (Wildman–Crippen LogP) is 1.44. The Kier molecular flexibility index (Phi) is 2.20. The Morgan fingerprint density at radius 1 is 1.50 bits per heavy atom.